The fraction of sp³-hybridized carbons (Fsp3) is 0.900. The number of aliphatic carboxylic acids is 1. The Labute approximate surface area is 379 Å². The van der Waals surface area contributed by atoms with Crippen molar-refractivity contribution in [2.45, 2.75) is 270 Å². The second-order valence-electron chi connectivity index (χ2n) is 17.7. The van der Waals surface area contributed by atoms with Gasteiger partial charge in [-0.15, -0.1) is 0 Å². The van der Waals surface area contributed by atoms with Gasteiger partial charge >= 0.3 is 19.8 Å². The first-order valence-corrected chi connectivity index (χ1v) is 27.2. The highest BCUT2D eigenvalue weighted by molar-refractivity contribution is 7.47. The molecule has 0 heterocycles. The van der Waals surface area contributed by atoms with Gasteiger partial charge in [0.05, 0.1) is 13.2 Å². The summed E-state index contributed by atoms with van der Waals surface area (Å²) in [6, 6.07) is -1.55. The molecule has 0 spiro atoms. The molecule has 0 aliphatic rings. The fourth-order valence-corrected chi connectivity index (χ4v) is 8.32. The highest BCUT2D eigenvalue weighted by Crippen LogP contribution is 2.43. The van der Waals surface area contributed by atoms with Crippen LogP contribution in [0.1, 0.15) is 258 Å². The minimum absolute atomic E-state index is 0.138. The molecule has 0 aliphatic carbocycles. The maximum absolute atomic E-state index is 12.3. The van der Waals surface area contributed by atoms with Crippen LogP contribution in [0.15, 0.2) is 12.2 Å². The number of aliphatic hydroxyl groups excluding tert-OH is 1. The summed E-state index contributed by atoms with van der Waals surface area (Å²) in [5, 5.41) is 21.9. The Bertz CT molecular complexity index is 1110. The third kappa shape index (κ3) is 44.8. The number of hydrogen-bond donors (Lipinski definition) is 4. The Kier molecular flexibility index (Phi) is 44.5. The lowest BCUT2D eigenvalue weighted by Gasteiger charge is -2.18. The van der Waals surface area contributed by atoms with Crippen molar-refractivity contribution >= 4 is 25.7 Å². The summed E-state index contributed by atoms with van der Waals surface area (Å²) in [6.07, 6.45) is 48.2. The van der Waals surface area contributed by atoms with Crippen LogP contribution in [0.3, 0.4) is 0 Å². The van der Waals surface area contributed by atoms with Gasteiger partial charge in [-0.25, -0.2) is 9.36 Å². The number of rotatable bonds is 49. The predicted octanol–water partition coefficient (Wildman–Crippen LogP) is 14.0. The summed E-state index contributed by atoms with van der Waals surface area (Å²) in [7, 11) is -4.76. The van der Waals surface area contributed by atoms with Gasteiger partial charge in [0.25, 0.3) is 0 Å². The van der Waals surface area contributed by atoms with E-state index >= 15 is 0 Å². The number of carbonyl (C=O) groups is 3. The van der Waals surface area contributed by atoms with Gasteiger partial charge in [-0.1, -0.05) is 219 Å². The molecule has 62 heavy (non-hydrogen) atoms. The molecule has 0 aromatic carbocycles. The van der Waals surface area contributed by atoms with Gasteiger partial charge in [-0.2, -0.15) is 0 Å². The molecule has 0 bridgehead atoms. The standard InChI is InChI=1S/C50H96NO10P/c1-3-5-7-9-11-13-15-17-19-20-21-22-23-24-25-26-27-28-30-32-34-36-38-40-42-49(54)59-43-46(52)44-60-62(57,58)61-45-47(50(55)56)51-48(53)41-39-37-35-33-31-29-18-16-14-12-10-8-6-4-2/h16,18,46-47,52H,3-15,17,19-45H2,1-2H3,(H,51,53)(H,55,56)(H,57,58)/b18-16-. The fourth-order valence-electron chi connectivity index (χ4n) is 7.55. The van der Waals surface area contributed by atoms with Crippen LogP contribution in [0, 0.1) is 0 Å². The van der Waals surface area contributed by atoms with Gasteiger partial charge in [0.15, 0.2) is 6.04 Å². The number of allylic oxidation sites excluding steroid dienone is 2. The van der Waals surface area contributed by atoms with E-state index in [2.05, 4.69) is 31.3 Å². The first kappa shape index (κ1) is 60.2. The molecule has 0 aromatic heterocycles. The smallest absolute Gasteiger partial charge is 0.472 e. The molecular formula is C50H96NO10P. The molecule has 0 radical (unpaired) electrons. The van der Waals surface area contributed by atoms with E-state index in [1.54, 1.807) is 0 Å². The van der Waals surface area contributed by atoms with Crippen molar-refractivity contribution in [2.75, 3.05) is 19.8 Å². The Morgan fingerprint density at radius 1 is 0.500 bits per heavy atom. The quantitative estimate of drug-likeness (QED) is 0.0200. The topological polar surface area (TPSA) is 169 Å². The van der Waals surface area contributed by atoms with Crippen molar-refractivity contribution in [1.29, 1.82) is 0 Å². The number of esters is 1. The van der Waals surface area contributed by atoms with Crippen LogP contribution in [0.4, 0.5) is 0 Å². The molecule has 0 aliphatic heterocycles. The average molecular weight is 902 g/mol. The molecule has 11 nitrogen and oxygen atoms in total. The number of carboxylic acid groups (broad SMARTS) is 1. The highest BCUT2D eigenvalue weighted by Gasteiger charge is 2.28. The Morgan fingerprint density at radius 3 is 1.23 bits per heavy atom. The van der Waals surface area contributed by atoms with Crippen molar-refractivity contribution in [3.8, 4) is 0 Å². The van der Waals surface area contributed by atoms with Gasteiger partial charge in [-0.05, 0) is 38.5 Å². The van der Waals surface area contributed by atoms with Crippen molar-refractivity contribution in [3.63, 3.8) is 0 Å². The van der Waals surface area contributed by atoms with E-state index in [9.17, 15) is 34.1 Å². The van der Waals surface area contributed by atoms with Crippen molar-refractivity contribution < 1.29 is 47.8 Å². The molecule has 12 heteroatoms. The maximum Gasteiger partial charge on any atom is 0.472 e. The lowest BCUT2D eigenvalue weighted by Crippen LogP contribution is -2.43. The molecule has 4 N–H and O–H groups in total. The number of amides is 1. The molecule has 0 fully saturated rings. The molecular weight excluding hydrogens is 806 g/mol. The normalized spacial score (nSPS) is 13.6. The molecule has 0 rings (SSSR count). The number of aliphatic hydroxyl groups is 1. The summed E-state index contributed by atoms with van der Waals surface area (Å²) in [5.74, 6) is -2.37. The lowest BCUT2D eigenvalue weighted by molar-refractivity contribution is -0.147. The van der Waals surface area contributed by atoms with Crippen LogP contribution in [-0.4, -0.2) is 64.9 Å². The Hall–Kier alpha value is -1.78. The zero-order valence-corrected chi connectivity index (χ0v) is 40.8. The molecule has 0 saturated heterocycles. The van der Waals surface area contributed by atoms with E-state index in [-0.39, 0.29) is 12.8 Å². The molecule has 3 atom stereocenters. The SMILES string of the molecule is CCCCCCC/C=C\CCCCCCCC(=O)NC(COP(=O)(O)OCC(O)COC(=O)CCCCCCCCCCCCCCCCCCCCCCCCCC)C(=O)O. The van der Waals surface area contributed by atoms with E-state index in [4.69, 9.17) is 13.8 Å². The van der Waals surface area contributed by atoms with Crippen molar-refractivity contribution in [1.82, 2.24) is 5.32 Å². The first-order valence-electron chi connectivity index (χ1n) is 25.7. The minimum atomic E-state index is -4.76. The summed E-state index contributed by atoms with van der Waals surface area (Å²) < 4.78 is 26.9. The highest BCUT2D eigenvalue weighted by atomic mass is 31.2. The summed E-state index contributed by atoms with van der Waals surface area (Å²) in [4.78, 5) is 46.0. The molecule has 366 valence electrons. The Morgan fingerprint density at radius 2 is 0.839 bits per heavy atom. The van der Waals surface area contributed by atoms with Crippen LogP contribution in [0.5, 0.6) is 0 Å². The number of hydrogen-bond acceptors (Lipinski definition) is 8. The third-order valence-electron chi connectivity index (χ3n) is 11.6. The van der Waals surface area contributed by atoms with E-state index in [0.717, 1.165) is 57.8 Å². The number of carboxylic acids is 1. The van der Waals surface area contributed by atoms with Gasteiger partial charge < -0.3 is 25.2 Å². The van der Waals surface area contributed by atoms with Crippen LogP contribution in [0.2, 0.25) is 0 Å². The summed E-state index contributed by atoms with van der Waals surface area (Å²) in [5.41, 5.74) is 0. The second-order valence-corrected chi connectivity index (χ2v) is 19.2. The van der Waals surface area contributed by atoms with Crippen molar-refractivity contribution in [2.24, 2.45) is 0 Å². The maximum atomic E-state index is 12.3. The Balaban J connectivity index is 3.75. The van der Waals surface area contributed by atoms with E-state index in [0.29, 0.717) is 12.8 Å². The van der Waals surface area contributed by atoms with Crippen LogP contribution >= 0.6 is 7.82 Å². The largest absolute Gasteiger partial charge is 0.480 e. The van der Waals surface area contributed by atoms with Gasteiger partial charge in [0.2, 0.25) is 5.91 Å². The van der Waals surface area contributed by atoms with Gasteiger partial charge in [-0.3, -0.25) is 18.6 Å². The first-order chi connectivity index (χ1) is 30.1. The lowest BCUT2D eigenvalue weighted by atomic mass is 10.0. The molecule has 1 amide bonds. The van der Waals surface area contributed by atoms with Crippen LogP contribution < -0.4 is 5.32 Å². The van der Waals surface area contributed by atoms with Gasteiger partial charge in [0, 0.05) is 12.8 Å². The van der Waals surface area contributed by atoms with E-state index < -0.39 is 57.6 Å². The minimum Gasteiger partial charge on any atom is -0.480 e. The van der Waals surface area contributed by atoms with E-state index in [1.807, 2.05) is 0 Å². The molecule has 0 aromatic rings. The number of carbonyl (C=O) groups excluding carboxylic acids is 2. The van der Waals surface area contributed by atoms with E-state index in [1.165, 1.54) is 161 Å². The number of nitrogens with one attached hydrogen (secondary N) is 1. The second kappa shape index (κ2) is 45.8. The van der Waals surface area contributed by atoms with Crippen LogP contribution in [-0.2, 0) is 32.7 Å². The molecule has 3 unspecified atom stereocenters. The third-order valence-corrected chi connectivity index (χ3v) is 12.5. The van der Waals surface area contributed by atoms with Crippen molar-refractivity contribution in [3.05, 3.63) is 12.2 Å². The van der Waals surface area contributed by atoms with Gasteiger partial charge in [0.1, 0.15) is 12.7 Å². The zero-order valence-electron chi connectivity index (χ0n) is 39.9. The zero-order chi connectivity index (χ0) is 45.6. The summed E-state index contributed by atoms with van der Waals surface area (Å²) in [6.45, 7) is 2.62. The monoisotopic (exact) mass is 902 g/mol. The number of phosphoric ester groups is 1. The number of ether oxygens (including phenoxy) is 1. The number of phosphoric acid groups is 1. The summed E-state index contributed by atoms with van der Waals surface area (Å²) >= 11 is 0. The number of unbranched alkanes of at least 4 members (excludes halogenated alkanes) is 33. The molecule has 0 saturated carbocycles. The average Bonchev–Trinajstić information content (AvgIpc) is 3.25. The van der Waals surface area contributed by atoms with Crippen LogP contribution in [0.25, 0.3) is 0 Å². The predicted molar refractivity (Wildman–Crippen MR) is 254 cm³/mol.